The van der Waals surface area contributed by atoms with E-state index in [0.717, 1.165) is 5.56 Å². The van der Waals surface area contributed by atoms with Crippen molar-refractivity contribution in [2.45, 2.75) is 5.75 Å². The van der Waals surface area contributed by atoms with Gasteiger partial charge in [-0.05, 0) is 42.0 Å². The van der Waals surface area contributed by atoms with Crippen molar-refractivity contribution in [1.82, 2.24) is 0 Å². The quantitative estimate of drug-likeness (QED) is 0.791. The third-order valence-corrected chi connectivity index (χ3v) is 4.19. The van der Waals surface area contributed by atoms with Crippen molar-refractivity contribution >= 4 is 28.2 Å². The largest absolute Gasteiger partial charge is 0.293 e. The van der Waals surface area contributed by atoms with Gasteiger partial charge in [0.1, 0.15) is 5.82 Å². The van der Waals surface area contributed by atoms with Gasteiger partial charge in [0.2, 0.25) is 0 Å². The van der Waals surface area contributed by atoms with Crippen molar-refractivity contribution in [1.29, 1.82) is 0 Å². The zero-order chi connectivity index (χ0) is 14.5. The minimum atomic E-state index is -1.30. The molecule has 0 N–H and O–H groups in total. The summed E-state index contributed by atoms with van der Waals surface area (Å²) in [7, 11) is -1.30. The standard InChI is InChI=1S/C15H12ClFO2S/c16-13-5-1-11(2-6-13)9-20(19)10-15(18)12-3-7-14(17)8-4-12/h1-8H,9-10H2. The molecule has 0 heterocycles. The molecule has 2 aromatic carbocycles. The fourth-order valence-corrected chi connectivity index (χ4v) is 2.93. The minimum Gasteiger partial charge on any atom is -0.293 e. The first-order chi connectivity index (χ1) is 9.54. The zero-order valence-electron chi connectivity index (χ0n) is 10.5. The van der Waals surface area contributed by atoms with Gasteiger partial charge in [-0.15, -0.1) is 0 Å². The molecule has 2 nitrogen and oxygen atoms in total. The Hall–Kier alpha value is -1.52. The first kappa shape index (κ1) is 14.9. The van der Waals surface area contributed by atoms with Crippen molar-refractivity contribution in [2.75, 3.05) is 5.75 Å². The Morgan fingerprint density at radius 3 is 2.25 bits per heavy atom. The van der Waals surface area contributed by atoms with Gasteiger partial charge in [-0.1, -0.05) is 23.7 Å². The van der Waals surface area contributed by atoms with Gasteiger partial charge in [0.15, 0.2) is 5.78 Å². The average molecular weight is 311 g/mol. The Bertz CT molecular complexity index is 623. The summed E-state index contributed by atoms with van der Waals surface area (Å²) < 4.78 is 24.7. The summed E-state index contributed by atoms with van der Waals surface area (Å²) in [5, 5.41) is 0.613. The lowest BCUT2D eigenvalue weighted by Crippen LogP contribution is -2.12. The lowest BCUT2D eigenvalue weighted by molar-refractivity contribution is 0.102. The fourth-order valence-electron chi connectivity index (χ4n) is 1.68. The number of ketones is 1. The smallest absolute Gasteiger partial charge is 0.175 e. The van der Waals surface area contributed by atoms with E-state index >= 15 is 0 Å². The lowest BCUT2D eigenvalue weighted by atomic mass is 10.1. The zero-order valence-corrected chi connectivity index (χ0v) is 12.1. The van der Waals surface area contributed by atoms with Crippen molar-refractivity contribution in [3.8, 4) is 0 Å². The maximum atomic E-state index is 12.8. The van der Waals surface area contributed by atoms with E-state index in [0.29, 0.717) is 16.3 Å². The summed E-state index contributed by atoms with van der Waals surface area (Å²) in [6.07, 6.45) is 0. The van der Waals surface area contributed by atoms with Crippen LogP contribution < -0.4 is 0 Å². The lowest BCUT2D eigenvalue weighted by Gasteiger charge is -2.03. The number of carbonyl (C=O) groups is 1. The Balaban J connectivity index is 1.95. The second-order valence-corrected chi connectivity index (χ2v) is 6.18. The summed E-state index contributed by atoms with van der Waals surface area (Å²) in [6, 6.07) is 12.2. The van der Waals surface area contributed by atoms with Crippen molar-refractivity contribution in [3.63, 3.8) is 0 Å². The molecule has 2 rings (SSSR count). The van der Waals surface area contributed by atoms with Gasteiger partial charge in [-0.3, -0.25) is 9.00 Å². The van der Waals surface area contributed by atoms with Crippen LogP contribution >= 0.6 is 11.6 Å². The summed E-state index contributed by atoms with van der Waals surface area (Å²) in [5.41, 5.74) is 1.23. The summed E-state index contributed by atoms with van der Waals surface area (Å²) in [5.74, 6) is -0.431. The van der Waals surface area contributed by atoms with E-state index in [1.165, 1.54) is 24.3 Å². The number of benzene rings is 2. The van der Waals surface area contributed by atoms with Gasteiger partial charge in [0.25, 0.3) is 0 Å². The number of rotatable bonds is 5. The molecule has 20 heavy (non-hydrogen) atoms. The van der Waals surface area contributed by atoms with Crippen LogP contribution in [0.25, 0.3) is 0 Å². The van der Waals surface area contributed by atoms with E-state index in [1.54, 1.807) is 24.3 Å². The van der Waals surface area contributed by atoms with Crippen LogP contribution in [-0.2, 0) is 16.6 Å². The van der Waals surface area contributed by atoms with Crippen LogP contribution in [0.1, 0.15) is 15.9 Å². The molecular formula is C15H12ClFO2S. The molecule has 0 amide bonds. The third kappa shape index (κ3) is 4.25. The Kier molecular flexibility index (Phi) is 5.04. The van der Waals surface area contributed by atoms with Crippen LogP contribution in [0.4, 0.5) is 4.39 Å². The molecule has 0 aromatic heterocycles. The number of hydrogen-bond acceptors (Lipinski definition) is 2. The first-order valence-corrected chi connectivity index (χ1v) is 7.79. The summed E-state index contributed by atoms with van der Waals surface area (Å²) in [6.45, 7) is 0. The highest BCUT2D eigenvalue weighted by Gasteiger charge is 2.11. The van der Waals surface area contributed by atoms with Crippen LogP contribution in [0.2, 0.25) is 5.02 Å². The second-order valence-electron chi connectivity index (χ2n) is 4.29. The molecule has 0 fully saturated rings. The van der Waals surface area contributed by atoms with Gasteiger partial charge in [-0.25, -0.2) is 4.39 Å². The van der Waals surface area contributed by atoms with E-state index in [4.69, 9.17) is 11.6 Å². The molecule has 0 aliphatic heterocycles. The van der Waals surface area contributed by atoms with Crippen molar-refractivity contribution in [2.24, 2.45) is 0 Å². The summed E-state index contributed by atoms with van der Waals surface area (Å²) in [4.78, 5) is 11.9. The van der Waals surface area contributed by atoms with Crippen LogP contribution in [0.15, 0.2) is 48.5 Å². The van der Waals surface area contributed by atoms with E-state index in [1.807, 2.05) is 0 Å². The highest BCUT2D eigenvalue weighted by molar-refractivity contribution is 7.85. The van der Waals surface area contributed by atoms with Gasteiger partial charge >= 0.3 is 0 Å². The van der Waals surface area contributed by atoms with Gasteiger partial charge in [0.05, 0.1) is 5.75 Å². The average Bonchev–Trinajstić information content (AvgIpc) is 2.42. The predicted molar refractivity (Wildman–Crippen MR) is 78.9 cm³/mol. The molecule has 0 saturated heterocycles. The molecular weight excluding hydrogens is 299 g/mol. The van der Waals surface area contributed by atoms with Gasteiger partial charge in [-0.2, -0.15) is 0 Å². The molecule has 104 valence electrons. The van der Waals surface area contributed by atoms with E-state index < -0.39 is 16.6 Å². The maximum Gasteiger partial charge on any atom is 0.175 e. The minimum absolute atomic E-state index is 0.0751. The molecule has 0 saturated carbocycles. The number of hydrogen-bond donors (Lipinski definition) is 0. The first-order valence-electron chi connectivity index (χ1n) is 5.93. The normalized spacial score (nSPS) is 12.1. The molecule has 1 unspecified atom stereocenters. The summed E-state index contributed by atoms with van der Waals surface area (Å²) >= 11 is 5.76. The van der Waals surface area contributed by atoms with Crippen molar-refractivity contribution in [3.05, 3.63) is 70.5 Å². The Morgan fingerprint density at radius 1 is 1.05 bits per heavy atom. The van der Waals surface area contributed by atoms with E-state index in [9.17, 15) is 13.4 Å². The molecule has 0 aliphatic carbocycles. The SMILES string of the molecule is O=C(CS(=O)Cc1ccc(Cl)cc1)c1ccc(F)cc1. The van der Waals surface area contributed by atoms with E-state index in [-0.39, 0.29) is 11.5 Å². The highest BCUT2D eigenvalue weighted by Crippen LogP contribution is 2.12. The molecule has 0 aliphatic rings. The topological polar surface area (TPSA) is 34.1 Å². The fraction of sp³-hybridized carbons (Fsp3) is 0.133. The maximum absolute atomic E-state index is 12.8. The third-order valence-electron chi connectivity index (χ3n) is 2.70. The second kappa shape index (κ2) is 6.77. The van der Waals surface area contributed by atoms with Crippen LogP contribution in [-0.4, -0.2) is 15.7 Å². The monoisotopic (exact) mass is 310 g/mol. The molecule has 0 spiro atoms. The highest BCUT2D eigenvalue weighted by atomic mass is 35.5. The predicted octanol–water partition coefficient (Wildman–Crippen LogP) is 3.61. The molecule has 0 bridgehead atoms. The van der Waals surface area contributed by atoms with Gasteiger partial charge in [0, 0.05) is 27.1 Å². The molecule has 1 atom stereocenters. The van der Waals surface area contributed by atoms with Crippen LogP contribution in [0.3, 0.4) is 0 Å². The molecule has 0 radical (unpaired) electrons. The van der Waals surface area contributed by atoms with Gasteiger partial charge < -0.3 is 0 Å². The Morgan fingerprint density at radius 2 is 1.65 bits per heavy atom. The van der Waals surface area contributed by atoms with E-state index in [2.05, 4.69) is 0 Å². The number of Topliss-reactive ketones (excluding diaryl/α,β-unsaturated/α-hetero) is 1. The van der Waals surface area contributed by atoms with Crippen molar-refractivity contribution < 1.29 is 13.4 Å². The number of halogens is 2. The van der Waals surface area contributed by atoms with Crippen LogP contribution in [0, 0.1) is 5.82 Å². The molecule has 5 heteroatoms. The van der Waals surface area contributed by atoms with Crippen LogP contribution in [0.5, 0.6) is 0 Å². The molecule has 2 aromatic rings. The Labute approximate surface area is 124 Å². The number of carbonyl (C=O) groups excluding carboxylic acids is 1.